The van der Waals surface area contributed by atoms with Gasteiger partial charge >= 0.3 is 0 Å². The molecule has 2 heterocycles. The highest BCUT2D eigenvalue weighted by Gasteiger charge is 2.26. The van der Waals surface area contributed by atoms with Crippen LogP contribution in [0.2, 0.25) is 0 Å². The van der Waals surface area contributed by atoms with Crippen LogP contribution in [0.15, 0.2) is 79.0 Å². The van der Waals surface area contributed by atoms with E-state index in [4.69, 9.17) is 4.74 Å². The zero-order valence-corrected chi connectivity index (χ0v) is 22.1. The minimum absolute atomic E-state index is 0.118. The van der Waals surface area contributed by atoms with Crippen LogP contribution in [-0.4, -0.2) is 52.1 Å². The molecule has 1 N–H and O–H groups in total. The van der Waals surface area contributed by atoms with Gasteiger partial charge in [0.15, 0.2) is 0 Å². The van der Waals surface area contributed by atoms with Crippen LogP contribution in [0.3, 0.4) is 0 Å². The Morgan fingerprint density at radius 3 is 2.54 bits per heavy atom. The molecule has 1 saturated heterocycles. The van der Waals surface area contributed by atoms with Gasteiger partial charge in [-0.05, 0) is 56.0 Å². The summed E-state index contributed by atoms with van der Waals surface area (Å²) in [5.74, 6) is -0.754. The van der Waals surface area contributed by atoms with Crippen molar-refractivity contribution in [3.63, 3.8) is 0 Å². The molecular weight excluding hydrogens is 495 g/mol. The van der Waals surface area contributed by atoms with Crippen molar-refractivity contribution in [2.75, 3.05) is 25.0 Å². The molecule has 0 bridgehead atoms. The number of hydrogen-bond donors (Lipinski definition) is 1. The molecular formula is C31H31FN4O3. The first-order chi connectivity index (χ1) is 18.9. The Hall–Kier alpha value is -4.30. The highest BCUT2D eigenvalue weighted by Crippen LogP contribution is 2.25. The van der Waals surface area contributed by atoms with E-state index >= 15 is 0 Å². The minimum Gasteiger partial charge on any atom is -0.376 e. The van der Waals surface area contributed by atoms with Crippen LogP contribution < -0.4 is 5.32 Å². The summed E-state index contributed by atoms with van der Waals surface area (Å²) < 4.78 is 21.9. The summed E-state index contributed by atoms with van der Waals surface area (Å²) in [6, 6.07) is 21.7. The van der Waals surface area contributed by atoms with Crippen molar-refractivity contribution < 1.29 is 18.7 Å². The lowest BCUT2D eigenvalue weighted by Crippen LogP contribution is -2.42. The third-order valence-electron chi connectivity index (χ3n) is 6.91. The molecule has 5 rings (SSSR count). The molecule has 0 radical (unpaired) electrons. The summed E-state index contributed by atoms with van der Waals surface area (Å²) in [5.41, 5.74) is 3.91. The first-order valence-corrected chi connectivity index (χ1v) is 13.1. The summed E-state index contributed by atoms with van der Waals surface area (Å²) in [5, 5.41) is 2.87. The third kappa shape index (κ3) is 6.07. The van der Waals surface area contributed by atoms with Crippen molar-refractivity contribution in [3.05, 3.63) is 102 Å². The van der Waals surface area contributed by atoms with E-state index in [0.29, 0.717) is 35.7 Å². The molecule has 39 heavy (non-hydrogen) atoms. The smallest absolute Gasteiger partial charge is 0.254 e. The number of anilines is 1. The van der Waals surface area contributed by atoms with Gasteiger partial charge in [-0.25, -0.2) is 9.37 Å². The van der Waals surface area contributed by atoms with Gasteiger partial charge in [0.1, 0.15) is 12.4 Å². The SMILES string of the molecule is Cc1ccc(-n2cc(-c3ccccc3)nc2NC(=O)CN(C[C@H]2CCCO2)C(=O)c2ccccc2C)cc1F. The van der Waals surface area contributed by atoms with Gasteiger partial charge in [0, 0.05) is 30.5 Å². The second kappa shape index (κ2) is 11.6. The number of halogens is 1. The predicted octanol–water partition coefficient (Wildman–Crippen LogP) is 5.56. The van der Waals surface area contributed by atoms with Gasteiger partial charge in [0.25, 0.3) is 5.91 Å². The first kappa shape index (κ1) is 26.3. The molecule has 1 aliphatic heterocycles. The summed E-state index contributed by atoms with van der Waals surface area (Å²) in [6.45, 7) is 4.35. The van der Waals surface area contributed by atoms with Crippen molar-refractivity contribution in [2.45, 2.75) is 32.8 Å². The molecule has 8 heteroatoms. The second-order valence-corrected chi connectivity index (χ2v) is 9.80. The van der Waals surface area contributed by atoms with Crippen molar-refractivity contribution in [3.8, 4) is 16.9 Å². The molecule has 1 aromatic heterocycles. The van der Waals surface area contributed by atoms with E-state index in [1.165, 1.54) is 11.0 Å². The van der Waals surface area contributed by atoms with Crippen molar-refractivity contribution >= 4 is 17.8 Å². The molecule has 0 spiro atoms. The van der Waals surface area contributed by atoms with Gasteiger partial charge < -0.3 is 9.64 Å². The Morgan fingerprint density at radius 1 is 1.05 bits per heavy atom. The quantitative estimate of drug-likeness (QED) is 0.326. The van der Waals surface area contributed by atoms with E-state index in [9.17, 15) is 14.0 Å². The fraction of sp³-hybridized carbons (Fsp3) is 0.258. The van der Waals surface area contributed by atoms with E-state index in [1.807, 2.05) is 55.5 Å². The number of benzene rings is 3. The number of aromatic nitrogens is 2. The Balaban J connectivity index is 1.43. The van der Waals surface area contributed by atoms with Crippen LogP contribution >= 0.6 is 0 Å². The van der Waals surface area contributed by atoms with Crippen molar-refractivity contribution in [1.29, 1.82) is 0 Å². The van der Waals surface area contributed by atoms with Gasteiger partial charge in [-0.2, -0.15) is 0 Å². The molecule has 7 nitrogen and oxygen atoms in total. The third-order valence-corrected chi connectivity index (χ3v) is 6.91. The van der Waals surface area contributed by atoms with Crippen LogP contribution in [0.25, 0.3) is 16.9 Å². The Labute approximate surface area is 227 Å². The molecule has 0 aliphatic carbocycles. The number of ether oxygens (including phenoxy) is 1. The lowest BCUT2D eigenvalue weighted by atomic mass is 10.1. The largest absolute Gasteiger partial charge is 0.376 e. The molecule has 0 unspecified atom stereocenters. The number of amides is 2. The number of nitrogens with one attached hydrogen (secondary N) is 1. The number of aryl methyl sites for hydroxylation is 2. The van der Waals surface area contributed by atoms with Crippen LogP contribution in [0, 0.1) is 19.7 Å². The zero-order chi connectivity index (χ0) is 27.4. The van der Waals surface area contributed by atoms with Crippen molar-refractivity contribution in [2.24, 2.45) is 0 Å². The maximum absolute atomic E-state index is 14.5. The van der Waals surface area contributed by atoms with Gasteiger partial charge in [-0.15, -0.1) is 0 Å². The monoisotopic (exact) mass is 526 g/mol. The van der Waals surface area contributed by atoms with Gasteiger partial charge in [-0.1, -0.05) is 54.6 Å². The lowest BCUT2D eigenvalue weighted by molar-refractivity contribution is -0.117. The lowest BCUT2D eigenvalue weighted by Gasteiger charge is -2.25. The average Bonchev–Trinajstić information content (AvgIpc) is 3.60. The first-order valence-electron chi connectivity index (χ1n) is 13.1. The highest BCUT2D eigenvalue weighted by molar-refractivity contribution is 6.00. The van der Waals surface area contributed by atoms with Gasteiger partial charge in [-0.3, -0.25) is 19.5 Å². The zero-order valence-electron chi connectivity index (χ0n) is 22.1. The molecule has 1 atom stereocenters. The molecule has 1 fully saturated rings. The van der Waals surface area contributed by atoms with E-state index in [1.54, 1.807) is 35.9 Å². The van der Waals surface area contributed by atoms with E-state index in [-0.39, 0.29) is 30.3 Å². The van der Waals surface area contributed by atoms with Gasteiger partial charge in [0.2, 0.25) is 11.9 Å². The molecule has 200 valence electrons. The van der Waals surface area contributed by atoms with E-state index in [2.05, 4.69) is 10.3 Å². The average molecular weight is 527 g/mol. The maximum Gasteiger partial charge on any atom is 0.254 e. The molecule has 1 aliphatic rings. The highest BCUT2D eigenvalue weighted by atomic mass is 19.1. The number of nitrogens with zero attached hydrogens (tertiary/aromatic N) is 3. The Bertz CT molecular complexity index is 1480. The Kier molecular flexibility index (Phi) is 7.84. The fourth-order valence-electron chi connectivity index (χ4n) is 4.72. The summed E-state index contributed by atoms with van der Waals surface area (Å²) >= 11 is 0. The number of carbonyl (C=O) groups is 2. The minimum atomic E-state index is -0.408. The number of hydrogen-bond acceptors (Lipinski definition) is 4. The molecule has 0 saturated carbocycles. The van der Waals surface area contributed by atoms with Crippen LogP contribution in [0.4, 0.5) is 10.3 Å². The summed E-state index contributed by atoms with van der Waals surface area (Å²) in [4.78, 5) is 33.1. The number of carbonyl (C=O) groups excluding carboxylic acids is 2. The van der Waals surface area contributed by atoms with Gasteiger partial charge in [0.05, 0.1) is 17.5 Å². The van der Waals surface area contributed by atoms with E-state index in [0.717, 1.165) is 24.0 Å². The van der Waals surface area contributed by atoms with Crippen LogP contribution in [-0.2, 0) is 9.53 Å². The standard InChI is InChI=1S/C31H31FN4O3/c1-21-9-6-7-13-26(21)30(38)35(18-25-12-8-16-39-25)20-29(37)34-31-33-28(23-10-4-3-5-11-23)19-36(31)24-15-14-22(2)27(32)17-24/h3-7,9-11,13-15,17,19,25H,8,12,16,18,20H2,1-2H3,(H,33,34,37)/t25-/m1/s1. The molecule has 4 aromatic rings. The summed E-state index contributed by atoms with van der Waals surface area (Å²) in [7, 11) is 0. The maximum atomic E-state index is 14.5. The van der Waals surface area contributed by atoms with Crippen LogP contribution in [0.1, 0.15) is 34.3 Å². The van der Waals surface area contributed by atoms with Crippen molar-refractivity contribution in [1.82, 2.24) is 14.5 Å². The second-order valence-electron chi connectivity index (χ2n) is 9.80. The summed E-state index contributed by atoms with van der Waals surface area (Å²) in [6.07, 6.45) is 3.41. The Morgan fingerprint density at radius 2 is 1.82 bits per heavy atom. The van der Waals surface area contributed by atoms with E-state index < -0.39 is 5.91 Å². The number of rotatable bonds is 8. The predicted molar refractivity (Wildman–Crippen MR) is 148 cm³/mol. The fourth-order valence-corrected chi connectivity index (χ4v) is 4.72. The van der Waals surface area contributed by atoms with Crippen LogP contribution in [0.5, 0.6) is 0 Å². The molecule has 2 amide bonds. The topological polar surface area (TPSA) is 76.5 Å². The normalized spacial score (nSPS) is 14.8. The molecule has 3 aromatic carbocycles. The number of imidazole rings is 1.